The zero-order valence-corrected chi connectivity index (χ0v) is 12.3. The van der Waals surface area contributed by atoms with Crippen LogP contribution >= 0.6 is 0 Å². The largest absolute Gasteiger partial charge is 0.358 e. The maximum absolute atomic E-state index is 11.2. The van der Waals surface area contributed by atoms with E-state index in [0.29, 0.717) is 6.42 Å². The standard InChI is InChI=1S/C18H20N2O/c1-14(21)11-12-20-13-19-18(15-7-3-2-4-8-15)16-9-5-6-10-17(16)20/h2-10,18-19H,11-13H2,1H3. The molecule has 0 aromatic heterocycles. The van der Waals surface area contributed by atoms with Crippen molar-refractivity contribution in [2.75, 3.05) is 18.1 Å². The first-order chi connectivity index (χ1) is 10.3. The Morgan fingerprint density at radius 3 is 2.62 bits per heavy atom. The number of hydrogen-bond acceptors (Lipinski definition) is 3. The van der Waals surface area contributed by atoms with Gasteiger partial charge in [-0.3, -0.25) is 10.1 Å². The minimum Gasteiger partial charge on any atom is -0.358 e. The van der Waals surface area contributed by atoms with Gasteiger partial charge >= 0.3 is 0 Å². The topological polar surface area (TPSA) is 32.3 Å². The van der Waals surface area contributed by atoms with E-state index in [0.717, 1.165) is 13.2 Å². The van der Waals surface area contributed by atoms with E-state index in [-0.39, 0.29) is 11.8 Å². The SMILES string of the molecule is CC(=O)CCN1CNC(c2ccccc2)c2ccccc21. The number of benzene rings is 2. The summed E-state index contributed by atoms with van der Waals surface area (Å²) in [6.45, 7) is 3.18. The van der Waals surface area contributed by atoms with Crippen molar-refractivity contribution in [1.29, 1.82) is 0 Å². The van der Waals surface area contributed by atoms with Crippen LogP contribution in [0, 0.1) is 0 Å². The number of nitrogens with one attached hydrogen (secondary N) is 1. The van der Waals surface area contributed by atoms with Gasteiger partial charge in [0.1, 0.15) is 5.78 Å². The van der Waals surface area contributed by atoms with Crippen molar-refractivity contribution in [1.82, 2.24) is 5.32 Å². The molecule has 2 aromatic rings. The average molecular weight is 280 g/mol. The summed E-state index contributed by atoms with van der Waals surface area (Å²) in [4.78, 5) is 13.5. The van der Waals surface area contributed by atoms with E-state index in [1.54, 1.807) is 6.92 Å². The van der Waals surface area contributed by atoms with E-state index >= 15 is 0 Å². The molecule has 0 saturated carbocycles. The van der Waals surface area contributed by atoms with Crippen molar-refractivity contribution in [2.45, 2.75) is 19.4 Å². The molecule has 2 aromatic carbocycles. The molecule has 1 aliphatic heterocycles. The molecule has 1 unspecified atom stereocenters. The van der Waals surface area contributed by atoms with Gasteiger partial charge in [0.15, 0.2) is 0 Å². The summed E-state index contributed by atoms with van der Waals surface area (Å²) in [7, 11) is 0. The van der Waals surface area contributed by atoms with Gasteiger partial charge < -0.3 is 4.90 Å². The number of nitrogens with zero attached hydrogens (tertiary/aromatic N) is 1. The molecule has 1 heterocycles. The van der Waals surface area contributed by atoms with Crippen molar-refractivity contribution < 1.29 is 4.79 Å². The van der Waals surface area contributed by atoms with Gasteiger partial charge in [-0.2, -0.15) is 0 Å². The van der Waals surface area contributed by atoms with Gasteiger partial charge in [-0.1, -0.05) is 48.5 Å². The van der Waals surface area contributed by atoms with Crippen LogP contribution in [0.5, 0.6) is 0 Å². The summed E-state index contributed by atoms with van der Waals surface area (Å²) >= 11 is 0. The van der Waals surface area contributed by atoms with E-state index < -0.39 is 0 Å². The Bertz CT molecular complexity index is 624. The zero-order valence-electron chi connectivity index (χ0n) is 12.3. The Morgan fingerprint density at radius 1 is 1.14 bits per heavy atom. The molecule has 108 valence electrons. The number of Topliss-reactive ketones (excluding diaryl/α,β-unsaturated/α-hetero) is 1. The monoisotopic (exact) mass is 280 g/mol. The number of carbonyl (C=O) groups is 1. The highest BCUT2D eigenvalue weighted by atomic mass is 16.1. The summed E-state index contributed by atoms with van der Waals surface area (Å²) in [5.41, 5.74) is 3.78. The van der Waals surface area contributed by atoms with Crippen LogP contribution in [0.4, 0.5) is 5.69 Å². The zero-order chi connectivity index (χ0) is 14.7. The van der Waals surface area contributed by atoms with Crippen molar-refractivity contribution in [3.63, 3.8) is 0 Å². The van der Waals surface area contributed by atoms with Crippen LogP contribution in [0.15, 0.2) is 54.6 Å². The van der Waals surface area contributed by atoms with Crippen LogP contribution in [-0.4, -0.2) is 19.0 Å². The molecule has 0 amide bonds. The van der Waals surface area contributed by atoms with Gasteiger partial charge in [0.05, 0.1) is 12.7 Å². The van der Waals surface area contributed by atoms with Crippen molar-refractivity contribution in [2.24, 2.45) is 0 Å². The van der Waals surface area contributed by atoms with Crippen molar-refractivity contribution in [3.8, 4) is 0 Å². The maximum Gasteiger partial charge on any atom is 0.131 e. The molecule has 0 radical (unpaired) electrons. The Morgan fingerprint density at radius 2 is 1.86 bits per heavy atom. The molecule has 0 spiro atoms. The summed E-state index contributed by atoms with van der Waals surface area (Å²) in [5.74, 6) is 0.234. The third-order valence-electron chi connectivity index (χ3n) is 3.94. The highest BCUT2D eigenvalue weighted by Crippen LogP contribution is 2.33. The van der Waals surface area contributed by atoms with Crippen LogP contribution in [0.3, 0.4) is 0 Å². The summed E-state index contributed by atoms with van der Waals surface area (Å²) in [5, 5.41) is 3.58. The Labute approximate surface area is 125 Å². The first-order valence-corrected chi connectivity index (χ1v) is 7.37. The molecule has 3 rings (SSSR count). The van der Waals surface area contributed by atoms with Crippen LogP contribution in [0.25, 0.3) is 0 Å². The number of fused-ring (bicyclic) bond motifs is 1. The second-order valence-electron chi connectivity index (χ2n) is 5.48. The smallest absolute Gasteiger partial charge is 0.131 e. The van der Waals surface area contributed by atoms with E-state index in [1.807, 2.05) is 6.07 Å². The van der Waals surface area contributed by atoms with Gasteiger partial charge in [0.25, 0.3) is 0 Å². The lowest BCUT2D eigenvalue weighted by molar-refractivity contribution is -0.116. The van der Waals surface area contributed by atoms with Gasteiger partial charge in [-0.25, -0.2) is 0 Å². The number of hydrogen-bond donors (Lipinski definition) is 1. The fraction of sp³-hybridized carbons (Fsp3) is 0.278. The number of anilines is 1. The lowest BCUT2D eigenvalue weighted by Crippen LogP contribution is -2.43. The van der Waals surface area contributed by atoms with Gasteiger partial charge in [-0.05, 0) is 24.1 Å². The summed E-state index contributed by atoms with van der Waals surface area (Å²) < 4.78 is 0. The Hall–Kier alpha value is -2.13. The number of rotatable bonds is 4. The quantitative estimate of drug-likeness (QED) is 0.934. The molecule has 0 aliphatic carbocycles. The van der Waals surface area contributed by atoms with Crippen molar-refractivity contribution in [3.05, 3.63) is 65.7 Å². The molecule has 3 heteroatoms. The normalized spacial score (nSPS) is 17.4. The van der Waals surface area contributed by atoms with Crippen LogP contribution in [0.1, 0.15) is 30.5 Å². The second kappa shape index (κ2) is 6.10. The molecule has 21 heavy (non-hydrogen) atoms. The number of para-hydroxylation sites is 1. The van der Waals surface area contributed by atoms with Crippen LogP contribution < -0.4 is 10.2 Å². The van der Waals surface area contributed by atoms with Gasteiger partial charge in [-0.15, -0.1) is 0 Å². The van der Waals surface area contributed by atoms with Gasteiger partial charge in [0.2, 0.25) is 0 Å². The minimum atomic E-state index is 0.218. The highest BCUT2D eigenvalue weighted by molar-refractivity contribution is 5.76. The fourth-order valence-corrected chi connectivity index (χ4v) is 2.85. The first kappa shape index (κ1) is 13.8. The third-order valence-corrected chi connectivity index (χ3v) is 3.94. The van der Waals surface area contributed by atoms with Crippen LogP contribution in [0.2, 0.25) is 0 Å². The first-order valence-electron chi connectivity index (χ1n) is 7.37. The molecular weight excluding hydrogens is 260 g/mol. The average Bonchev–Trinajstić information content (AvgIpc) is 2.53. The van der Waals surface area contributed by atoms with E-state index in [1.165, 1.54) is 16.8 Å². The minimum absolute atomic E-state index is 0.218. The summed E-state index contributed by atoms with van der Waals surface area (Å²) in [6, 6.07) is 19.2. The Kier molecular flexibility index (Phi) is 4.02. The number of ketones is 1. The highest BCUT2D eigenvalue weighted by Gasteiger charge is 2.25. The maximum atomic E-state index is 11.2. The molecule has 3 nitrogen and oxygen atoms in total. The number of carbonyl (C=O) groups excluding carboxylic acids is 1. The van der Waals surface area contributed by atoms with E-state index in [4.69, 9.17) is 0 Å². The molecule has 0 bridgehead atoms. The lowest BCUT2D eigenvalue weighted by atomic mass is 9.95. The van der Waals surface area contributed by atoms with E-state index in [9.17, 15) is 4.79 Å². The van der Waals surface area contributed by atoms with Crippen LogP contribution in [-0.2, 0) is 4.79 Å². The Balaban J connectivity index is 1.90. The van der Waals surface area contributed by atoms with Crippen molar-refractivity contribution >= 4 is 11.5 Å². The lowest BCUT2D eigenvalue weighted by Gasteiger charge is -2.36. The third kappa shape index (κ3) is 2.98. The molecular formula is C18H20N2O. The van der Waals surface area contributed by atoms with Gasteiger partial charge in [0, 0.05) is 18.7 Å². The summed E-state index contributed by atoms with van der Waals surface area (Å²) in [6.07, 6.45) is 0.589. The molecule has 1 N–H and O–H groups in total. The molecule has 1 atom stereocenters. The van der Waals surface area contributed by atoms with E-state index in [2.05, 4.69) is 58.7 Å². The fourth-order valence-electron chi connectivity index (χ4n) is 2.85. The molecule has 0 saturated heterocycles. The predicted octanol–water partition coefficient (Wildman–Crippen LogP) is 3.12. The molecule has 1 aliphatic rings. The predicted molar refractivity (Wildman–Crippen MR) is 85.4 cm³/mol. The molecule has 0 fully saturated rings. The second-order valence-corrected chi connectivity index (χ2v) is 5.48.